The third kappa shape index (κ3) is 3.30. The van der Waals surface area contributed by atoms with Crippen LogP contribution in [0.1, 0.15) is 43.5 Å². The maximum Gasteiger partial charge on any atom is 0.160 e. The minimum absolute atomic E-state index is 0.406. The Labute approximate surface area is 133 Å². The van der Waals surface area contributed by atoms with Gasteiger partial charge in [-0.3, -0.25) is 4.98 Å². The van der Waals surface area contributed by atoms with Crippen molar-refractivity contribution in [2.24, 2.45) is 0 Å². The summed E-state index contributed by atoms with van der Waals surface area (Å²) in [6.45, 7) is 3.23. The maximum atomic E-state index is 4.77. The van der Waals surface area contributed by atoms with Crippen molar-refractivity contribution < 1.29 is 0 Å². The summed E-state index contributed by atoms with van der Waals surface area (Å²) in [5.41, 5.74) is 3.40. The van der Waals surface area contributed by atoms with Crippen LogP contribution in [0.5, 0.6) is 0 Å². The molecule has 1 aliphatic carbocycles. The first-order chi connectivity index (χ1) is 10.3. The first-order valence-electron chi connectivity index (χ1n) is 7.48. The molecule has 2 aromatic rings. The zero-order chi connectivity index (χ0) is 14.7. The highest BCUT2D eigenvalue weighted by molar-refractivity contribution is 9.10. The Balaban J connectivity index is 1.90. The molecule has 21 heavy (non-hydrogen) atoms. The van der Waals surface area contributed by atoms with Crippen LogP contribution >= 0.6 is 15.9 Å². The molecule has 5 heteroatoms. The number of aryl methyl sites for hydroxylation is 1. The fraction of sp³-hybridized carbons (Fsp3) is 0.438. The molecule has 3 rings (SSSR count). The van der Waals surface area contributed by atoms with Crippen LogP contribution in [0.3, 0.4) is 0 Å². The van der Waals surface area contributed by atoms with Crippen LogP contribution in [-0.4, -0.2) is 21.5 Å². The van der Waals surface area contributed by atoms with Crippen molar-refractivity contribution in [3.05, 3.63) is 40.4 Å². The normalized spacial score (nSPS) is 17.5. The highest BCUT2D eigenvalue weighted by Crippen LogP contribution is 2.29. The molecule has 2 heterocycles. The molecule has 4 nitrogen and oxygen atoms in total. The third-order valence-electron chi connectivity index (χ3n) is 3.79. The molecule has 0 saturated heterocycles. The van der Waals surface area contributed by atoms with E-state index in [1.807, 2.05) is 18.5 Å². The van der Waals surface area contributed by atoms with E-state index in [4.69, 9.17) is 4.98 Å². The fourth-order valence-corrected chi connectivity index (χ4v) is 3.12. The molecular formula is C16H19BrN4. The zero-order valence-corrected chi connectivity index (χ0v) is 13.7. The zero-order valence-electron chi connectivity index (χ0n) is 12.1. The Kier molecular flexibility index (Phi) is 4.60. The monoisotopic (exact) mass is 346 g/mol. The van der Waals surface area contributed by atoms with E-state index in [0.29, 0.717) is 6.04 Å². The molecule has 2 aromatic heterocycles. The summed E-state index contributed by atoms with van der Waals surface area (Å²) < 4.78 is 0.948. The van der Waals surface area contributed by atoms with Crippen LogP contribution in [0, 0.1) is 0 Å². The second-order valence-electron chi connectivity index (χ2n) is 5.39. The molecule has 110 valence electrons. The van der Waals surface area contributed by atoms with Gasteiger partial charge in [0.05, 0.1) is 0 Å². The van der Waals surface area contributed by atoms with Gasteiger partial charge in [-0.25, -0.2) is 9.97 Å². The van der Waals surface area contributed by atoms with Crippen molar-refractivity contribution in [2.75, 3.05) is 6.54 Å². The summed E-state index contributed by atoms with van der Waals surface area (Å²) in [5.74, 6) is 0.763. The van der Waals surface area contributed by atoms with Crippen LogP contribution in [0.4, 0.5) is 0 Å². The lowest BCUT2D eigenvalue weighted by Crippen LogP contribution is -2.26. The molecule has 0 saturated carbocycles. The van der Waals surface area contributed by atoms with Crippen LogP contribution in [0.15, 0.2) is 29.1 Å². The summed E-state index contributed by atoms with van der Waals surface area (Å²) >= 11 is 3.44. The molecule has 1 unspecified atom stereocenters. The number of hydrogen-bond donors (Lipinski definition) is 1. The van der Waals surface area contributed by atoms with Gasteiger partial charge in [0, 0.05) is 45.9 Å². The van der Waals surface area contributed by atoms with Crippen LogP contribution in [-0.2, 0) is 6.42 Å². The number of rotatable bonds is 4. The summed E-state index contributed by atoms with van der Waals surface area (Å²) in [7, 11) is 0. The van der Waals surface area contributed by atoms with Gasteiger partial charge in [0.25, 0.3) is 0 Å². The highest BCUT2D eigenvalue weighted by Gasteiger charge is 2.21. The number of halogens is 1. The van der Waals surface area contributed by atoms with Gasteiger partial charge < -0.3 is 5.32 Å². The first-order valence-corrected chi connectivity index (χ1v) is 8.27. The number of fused-ring (bicyclic) bond motifs is 1. The smallest absolute Gasteiger partial charge is 0.160 e. The van der Waals surface area contributed by atoms with Gasteiger partial charge in [-0.05, 0) is 54.2 Å². The van der Waals surface area contributed by atoms with E-state index >= 15 is 0 Å². The maximum absolute atomic E-state index is 4.77. The van der Waals surface area contributed by atoms with E-state index in [0.717, 1.165) is 35.2 Å². The quantitative estimate of drug-likeness (QED) is 0.917. The predicted octanol–water partition coefficient (Wildman–Crippen LogP) is 3.68. The number of nitrogens with one attached hydrogen (secondary N) is 1. The third-order valence-corrected chi connectivity index (χ3v) is 4.22. The summed E-state index contributed by atoms with van der Waals surface area (Å²) in [5, 5.41) is 3.60. The second-order valence-corrected chi connectivity index (χ2v) is 6.30. The molecule has 0 aromatic carbocycles. The number of aromatic nitrogens is 3. The molecule has 1 aliphatic rings. The van der Waals surface area contributed by atoms with Gasteiger partial charge in [-0.2, -0.15) is 0 Å². The van der Waals surface area contributed by atoms with Gasteiger partial charge in [-0.15, -0.1) is 0 Å². The fourth-order valence-electron chi connectivity index (χ4n) is 2.75. The summed E-state index contributed by atoms with van der Waals surface area (Å²) in [4.78, 5) is 13.5. The largest absolute Gasteiger partial charge is 0.310 e. The average Bonchev–Trinajstić information content (AvgIpc) is 2.52. The Hall–Kier alpha value is -1.33. The minimum atomic E-state index is 0.406. The second kappa shape index (κ2) is 6.62. The number of hydrogen-bond acceptors (Lipinski definition) is 4. The van der Waals surface area contributed by atoms with Crippen molar-refractivity contribution in [1.82, 2.24) is 20.3 Å². The molecule has 0 amide bonds. The van der Waals surface area contributed by atoms with E-state index < -0.39 is 0 Å². The molecular weight excluding hydrogens is 328 g/mol. The van der Waals surface area contributed by atoms with E-state index in [9.17, 15) is 0 Å². The van der Waals surface area contributed by atoms with Crippen LogP contribution in [0.2, 0.25) is 0 Å². The lowest BCUT2D eigenvalue weighted by molar-refractivity contribution is 0.454. The van der Waals surface area contributed by atoms with E-state index in [1.165, 1.54) is 24.1 Å². The van der Waals surface area contributed by atoms with Crippen molar-refractivity contribution in [1.29, 1.82) is 0 Å². The van der Waals surface area contributed by atoms with Gasteiger partial charge in [-0.1, -0.05) is 6.92 Å². The highest BCUT2D eigenvalue weighted by atomic mass is 79.9. The van der Waals surface area contributed by atoms with Gasteiger partial charge in [0.1, 0.15) is 0 Å². The Morgan fingerprint density at radius 1 is 1.33 bits per heavy atom. The van der Waals surface area contributed by atoms with E-state index in [1.54, 1.807) is 6.20 Å². The lowest BCUT2D eigenvalue weighted by atomic mass is 9.92. The van der Waals surface area contributed by atoms with E-state index in [-0.39, 0.29) is 0 Å². The molecule has 0 aliphatic heterocycles. The predicted molar refractivity (Wildman–Crippen MR) is 86.9 cm³/mol. The molecule has 1 atom stereocenters. The number of nitrogens with zero attached hydrogens (tertiary/aromatic N) is 3. The molecule has 0 bridgehead atoms. The molecule has 0 spiro atoms. The lowest BCUT2D eigenvalue weighted by Gasteiger charge is -2.25. The Morgan fingerprint density at radius 2 is 2.24 bits per heavy atom. The van der Waals surface area contributed by atoms with Crippen molar-refractivity contribution in [2.45, 2.75) is 38.6 Å². The van der Waals surface area contributed by atoms with Gasteiger partial charge in [0.2, 0.25) is 0 Å². The first kappa shape index (κ1) is 14.6. The van der Waals surface area contributed by atoms with Crippen molar-refractivity contribution >= 4 is 15.9 Å². The Morgan fingerprint density at radius 3 is 3.05 bits per heavy atom. The molecule has 0 radical (unpaired) electrons. The summed E-state index contributed by atoms with van der Waals surface area (Å²) in [6, 6.07) is 2.41. The summed E-state index contributed by atoms with van der Waals surface area (Å²) in [6.07, 6.45) is 10.1. The average molecular weight is 347 g/mol. The van der Waals surface area contributed by atoms with E-state index in [2.05, 4.69) is 38.1 Å². The minimum Gasteiger partial charge on any atom is -0.310 e. The van der Waals surface area contributed by atoms with Crippen molar-refractivity contribution in [3.63, 3.8) is 0 Å². The SMILES string of the molecule is CCCNC1CCCc2nc(-c3cncc(Br)c3)ncc21. The molecule has 0 fully saturated rings. The molecule has 1 N–H and O–H groups in total. The standard InChI is InChI=1S/C16H19BrN4/c1-2-6-19-14-4-3-5-15-13(14)10-20-16(21-15)11-7-12(17)9-18-8-11/h7-10,14,19H,2-6H2,1H3. The number of pyridine rings is 1. The topological polar surface area (TPSA) is 50.7 Å². The Bertz CT molecular complexity index is 629. The van der Waals surface area contributed by atoms with Crippen LogP contribution < -0.4 is 5.32 Å². The van der Waals surface area contributed by atoms with Gasteiger partial charge >= 0.3 is 0 Å². The van der Waals surface area contributed by atoms with Gasteiger partial charge in [0.15, 0.2) is 5.82 Å². The van der Waals surface area contributed by atoms with Crippen LogP contribution in [0.25, 0.3) is 11.4 Å². The van der Waals surface area contributed by atoms with Crippen molar-refractivity contribution in [3.8, 4) is 11.4 Å².